The van der Waals surface area contributed by atoms with E-state index in [-0.39, 0.29) is 18.6 Å². The quantitative estimate of drug-likeness (QED) is 0.911. The van der Waals surface area contributed by atoms with Crippen LogP contribution in [0.4, 0.5) is 0 Å². The predicted molar refractivity (Wildman–Crippen MR) is 92.8 cm³/mol. The number of carbonyl (C=O) groups is 2. The van der Waals surface area contributed by atoms with Crippen LogP contribution in [0.5, 0.6) is 11.5 Å². The molecule has 0 spiro atoms. The average molecular weight is 358 g/mol. The van der Waals surface area contributed by atoms with Gasteiger partial charge >= 0.3 is 0 Å². The summed E-state index contributed by atoms with van der Waals surface area (Å²) in [5, 5.41) is 4.81. The maximum Gasteiger partial charge on any atom is 0.264 e. The molecule has 1 fully saturated rings. The number of ether oxygens (including phenoxy) is 2. The van der Waals surface area contributed by atoms with Gasteiger partial charge in [0.15, 0.2) is 11.5 Å². The third-order valence-corrected chi connectivity index (χ3v) is 5.31. The molecule has 6 nitrogen and oxygen atoms in total. The number of hydrogen-bond donors (Lipinski definition) is 1. The highest BCUT2D eigenvalue weighted by molar-refractivity contribution is 7.12. The zero-order chi connectivity index (χ0) is 17.2. The second kappa shape index (κ2) is 6.76. The Labute approximate surface area is 149 Å². The van der Waals surface area contributed by atoms with Gasteiger partial charge in [-0.2, -0.15) is 0 Å². The lowest BCUT2D eigenvalue weighted by Crippen LogP contribution is -2.45. The van der Waals surface area contributed by atoms with Crippen molar-refractivity contribution in [3.8, 4) is 11.5 Å². The zero-order valence-electron chi connectivity index (χ0n) is 13.6. The van der Waals surface area contributed by atoms with Crippen molar-refractivity contribution < 1.29 is 19.1 Å². The summed E-state index contributed by atoms with van der Waals surface area (Å²) in [4.78, 5) is 27.5. The molecule has 2 aliphatic heterocycles. The van der Waals surface area contributed by atoms with Gasteiger partial charge in [-0.25, -0.2) is 0 Å². The van der Waals surface area contributed by atoms with Crippen LogP contribution in [-0.2, 0) is 11.3 Å². The molecule has 1 aromatic carbocycles. The molecule has 2 aliphatic rings. The minimum absolute atomic E-state index is 0.0595. The molecule has 25 heavy (non-hydrogen) atoms. The number of fused-ring (bicyclic) bond motifs is 1. The summed E-state index contributed by atoms with van der Waals surface area (Å²) in [5.41, 5.74) is 0.937. The third kappa shape index (κ3) is 3.19. The minimum atomic E-state index is -0.399. The Hall–Kier alpha value is -2.54. The molecule has 2 amide bonds. The number of nitrogens with zero attached hydrogens (tertiary/aromatic N) is 1. The van der Waals surface area contributed by atoms with Gasteiger partial charge in [0.2, 0.25) is 12.7 Å². The van der Waals surface area contributed by atoms with E-state index < -0.39 is 6.04 Å². The molecule has 4 rings (SSSR count). The summed E-state index contributed by atoms with van der Waals surface area (Å²) in [6, 6.07) is 8.85. The molecule has 0 unspecified atom stereocenters. The summed E-state index contributed by atoms with van der Waals surface area (Å²) in [7, 11) is 0. The van der Waals surface area contributed by atoms with Gasteiger partial charge in [-0.3, -0.25) is 9.59 Å². The van der Waals surface area contributed by atoms with Gasteiger partial charge < -0.3 is 19.7 Å². The van der Waals surface area contributed by atoms with Crippen molar-refractivity contribution in [1.82, 2.24) is 10.2 Å². The normalized spacial score (nSPS) is 18.4. The van der Waals surface area contributed by atoms with E-state index in [9.17, 15) is 9.59 Å². The van der Waals surface area contributed by atoms with Crippen molar-refractivity contribution in [2.24, 2.45) is 0 Å². The fourth-order valence-electron chi connectivity index (χ4n) is 3.18. The molecular formula is C18H18N2O4S. The molecular weight excluding hydrogens is 340 g/mol. The van der Waals surface area contributed by atoms with E-state index in [2.05, 4.69) is 5.32 Å². The van der Waals surface area contributed by atoms with Crippen LogP contribution in [0.15, 0.2) is 35.7 Å². The zero-order valence-corrected chi connectivity index (χ0v) is 14.4. The Morgan fingerprint density at radius 2 is 2.12 bits per heavy atom. The van der Waals surface area contributed by atoms with Gasteiger partial charge in [0.25, 0.3) is 5.91 Å². The van der Waals surface area contributed by atoms with Crippen LogP contribution in [0.25, 0.3) is 0 Å². The summed E-state index contributed by atoms with van der Waals surface area (Å²) in [6.45, 7) is 1.25. The number of amides is 2. The van der Waals surface area contributed by atoms with Crippen LogP contribution >= 0.6 is 11.3 Å². The Balaban J connectivity index is 1.39. The molecule has 130 valence electrons. The molecule has 3 heterocycles. The van der Waals surface area contributed by atoms with Gasteiger partial charge in [0.1, 0.15) is 6.04 Å². The summed E-state index contributed by atoms with van der Waals surface area (Å²) >= 11 is 1.40. The highest BCUT2D eigenvalue weighted by atomic mass is 32.1. The van der Waals surface area contributed by atoms with Crippen LogP contribution in [0.2, 0.25) is 0 Å². The number of hydrogen-bond acceptors (Lipinski definition) is 5. The smallest absolute Gasteiger partial charge is 0.264 e. The lowest BCUT2D eigenvalue weighted by Gasteiger charge is -2.23. The first-order valence-electron chi connectivity index (χ1n) is 8.23. The molecule has 0 aliphatic carbocycles. The Bertz CT molecular complexity index is 790. The summed E-state index contributed by atoms with van der Waals surface area (Å²) in [5.74, 6) is 1.25. The van der Waals surface area contributed by atoms with Crippen molar-refractivity contribution in [3.05, 3.63) is 46.2 Å². The molecule has 7 heteroatoms. The highest BCUT2D eigenvalue weighted by Gasteiger charge is 2.34. The standard InChI is InChI=1S/C18H18N2O4S/c21-17(19-10-12-5-6-14-15(9-12)24-11-23-14)13-3-1-7-20(13)18(22)16-4-2-8-25-16/h2,4-6,8-9,13H,1,3,7,10-11H2,(H,19,21)/t13-/m1/s1. The summed E-state index contributed by atoms with van der Waals surface area (Å²) < 4.78 is 10.6. The van der Waals surface area contributed by atoms with Crippen LogP contribution in [-0.4, -0.2) is 36.1 Å². The van der Waals surface area contributed by atoms with E-state index in [1.165, 1.54) is 11.3 Å². The summed E-state index contributed by atoms with van der Waals surface area (Å²) in [6.07, 6.45) is 1.54. The fraction of sp³-hybridized carbons (Fsp3) is 0.333. The van der Waals surface area contributed by atoms with Gasteiger partial charge in [0.05, 0.1) is 4.88 Å². The van der Waals surface area contributed by atoms with Crippen molar-refractivity contribution in [2.75, 3.05) is 13.3 Å². The SMILES string of the molecule is O=C(NCc1ccc2c(c1)OCO2)[C@H]1CCCN1C(=O)c1cccs1. The Morgan fingerprint density at radius 3 is 2.96 bits per heavy atom. The van der Waals surface area contributed by atoms with Crippen LogP contribution in [0.1, 0.15) is 28.1 Å². The topological polar surface area (TPSA) is 67.9 Å². The molecule has 0 radical (unpaired) electrons. The Kier molecular flexibility index (Phi) is 4.31. The van der Waals surface area contributed by atoms with Crippen molar-refractivity contribution >= 4 is 23.2 Å². The molecule has 1 N–H and O–H groups in total. The van der Waals surface area contributed by atoms with E-state index >= 15 is 0 Å². The maximum absolute atomic E-state index is 12.6. The van der Waals surface area contributed by atoms with Crippen LogP contribution < -0.4 is 14.8 Å². The number of thiophene rings is 1. The molecule has 2 aromatic rings. The van der Waals surface area contributed by atoms with Gasteiger partial charge in [-0.05, 0) is 42.0 Å². The second-order valence-electron chi connectivity index (χ2n) is 6.04. The largest absolute Gasteiger partial charge is 0.454 e. The van der Waals surface area contributed by atoms with Crippen molar-refractivity contribution in [1.29, 1.82) is 0 Å². The van der Waals surface area contributed by atoms with Crippen molar-refractivity contribution in [2.45, 2.75) is 25.4 Å². The van der Waals surface area contributed by atoms with E-state index in [1.807, 2.05) is 29.6 Å². The van der Waals surface area contributed by atoms with Gasteiger partial charge in [0, 0.05) is 13.1 Å². The van der Waals surface area contributed by atoms with E-state index in [1.54, 1.807) is 11.0 Å². The van der Waals surface area contributed by atoms with E-state index in [0.29, 0.717) is 30.1 Å². The molecule has 1 aromatic heterocycles. The van der Waals surface area contributed by atoms with Crippen molar-refractivity contribution in [3.63, 3.8) is 0 Å². The number of benzene rings is 1. The lowest BCUT2D eigenvalue weighted by molar-refractivity contribution is -0.125. The van der Waals surface area contributed by atoms with Crippen LogP contribution in [0.3, 0.4) is 0 Å². The number of rotatable bonds is 4. The monoisotopic (exact) mass is 358 g/mol. The molecule has 1 atom stereocenters. The first kappa shape index (κ1) is 16.0. The van der Waals surface area contributed by atoms with Crippen LogP contribution in [0, 0.1) is 0 Å². The average Bonchev–Trinajstić information content (AvgIpc) is 3.39. The molecule has 0 saturated carbocycles. The van der Waals surface area contributed by atoms with E-state index in [0.717, 1.165) is 17.7 Å². The van der Waals surface area contributed by atoms with E-state index in [4.69, 9.17) is 9.47 Å². The number of carbonyl (C=O) groups excluding carboxylic acids is 2. The second-order valence-corrected chi connectivity index (χ2v) is 6.99. The van der Waals surface area contributed by atoms with Gasteiger partial charge in [-0.1, -0.05) is 12.1 Å². The van der Waals surface area contributed by atoms with Gasteiger partial charge in [-0.15, -0.1) is 11.3 Å². The fourth-order valence-corrected chi connectivity index (χ4v) is 3.86. The Morgan fingerprint density at radius 1 is 1.24 bits per heavy atom. The lowest BCUT2D eigenvalue weighted by atomic mass is 10.1. The third-order valence-electron chi connectivity index (χ3n) is 4.45. The first-order valence-corrected chi connectivity index (χ1v) is 9.11. The number of nitrogens with one attached hydrogen (secondary N) is 1. The predicted octanol–water partition coefficient (Wildman–Crippen LogP) is 2.40. The highest BCUT2D eigenvalue weighted by Crippen LogP contribution is 2.32. The molecule has 0 bridgehead atoms. The maximum atomic E-state index is 12.6. The molecule has 1 saturated heterocycles. The first-order chi connectivity index (χ1) is 12.2. The minimum Gasteiger partial charge on any atom is -0.454 e. The number of likely N-dealkylation sites (tertiary alicyclic amines) is 1.